The topological polar surface area (TPSA) is 27.1 Å². The van der Waals surface area contributed by atoms with Crippen LogP contribution in [0.3, 0.4) is 0 Å². The maximum Gasteiger partial charge on any atom is 0.109 e. The van der Waals surface area contributed by atoms with Gasteiger partial charge in [0.2, 0.25) is 0 Å². The van der Waals surface area contributed by atoms with Crippen molar-refractivity contribution in [2.45, 2.75) is 46.3 Å². The summed E-state index contributed by atoms with van der Waals surface area (Å²) in [7, 11) is 0. The Bertz CT molecular complexity index is 370. The Morgan fingerprint density at radius 3 is 2.87 bits per heavy atom. The molecule has 1 aliphatic heterocycles. The molecule has 15 heavy (non-hydrogen) atoms. The highest BCUT2D eigenvalue weighted by Gasteiger charge is 2.40. The van der Waals surface area contributed by atoms with Gasteiger partial charge in [-0.2, -0.15) is 5.10 Å². The largest absolute Gasteiger partial charge is 0.367 e. The van der Waals surface area contributed by atoms with Crippen LogP contribution < -0.4 is 0 Å². The molecule has 0 N–H and O–H groups in total. The lowest BCUT2D eigenvalue weighted by atomic mass is 9.85. The van der Waals surface area contributed by atoms with Crippen LogP contribution in [0, 0.1) is 12.8 Å². The summed E-state index contributed by atoms with van der Waals surface area (Å²) in [6.07, 6.45) is 1.95. The van der Waals surface area contributed by atoms with E-state index in [9.17, 15) is 0 Å². The van der Waals surface area contributed by atoms with Gasteiger partial charge in [-0.25, -0.2) is 0 Å². The molecule has 0 saturated carbocycles. The van der Waals surface area contributed by atoms with Crippen LogP contribution in [-0.2, 0) is 10.3 Å². The van der Waals surface area contributed by atoms with Crippen molar-refractivity contribution in [2.75, 3.05) is 6.61 Å². The molecule has 1 aromatic rings. The van der Waals surface area contributed by atoms with Crippen molar-refractivity contribution in [1.82, 2.24) is 9.78 Å². The van der Waals surface area contributed by atoms with Gasteiger partial charge < -0.3 is 4.74 Å². The van der Waals surface area contributed by atoms with Crippen molar-refractivity contribution in [3.05, 3.63) is 17.5 Å². The first-order chi connectivity index (χ1) is 6.97. The predicted molar refractivity (Wildman–Crippen MR) is 59.8 cm³/mol. The van der Waals surface area contributed by atoms with E-state index >= 15 is 0 Å². The minimum atomic E-state index is -0.187. The van der Waals surface area contributed by atoms with E-state index in [-0.39, 0.29) is 5.60 Å². The molecule has 1 aliphatic rings. The number of ether oxygens (including phenoxy) is 1. The fourth-order valence-electron chi connectivity index (χ4n) is 2.27. The van der Waals surface area contributed by atoms with Crippen LogP contribution >= 0.6 is 0 Å². The fraction of sp³-hybridized carbons (Fsp3) is 0.750. The van der Waals surface area contributed by atoms with Gasteiger partial charge in [0, 0.05) is 0 Å². The normalized spacial score (nSPS) is 30.7. The second-order valence-corrected chi connectivity index (χ2v) is 5.04. The summed E-state index contributed by atoms with van der Waals surface area (Å²) in [5.41, 5.74) is 2.29. The van der Waals surface area contributed by atoms with Crippen molar-refractivity contribution < 1.29 is 4.74 Å². The first-order valence-electron chi connectivity index (χ1n) is 5.65. The summed E-state index contributed by atoms with van der Waals surface area (Å²) >= 11 is 0. The lowest BCUT2D eigenvalue weighted by Crippen LogP contribution is -2.42. The zero-order chi connectivity index (χ0) is 11.2. The molecular weight excluding hydrogens is 188 g/mol. The molecule has 0 radical (unpaired) electrons. The Morgan fingerprint density at radius 2 is 2.27 bits per heavy atom. The van der Waals surface area contributed by atoms with E-state index in [0.29, 0.717) is 12.0 Å². The quantitative estimate of drug-likeness (QED) is 0.709. The van der Waals surface area contributed by atoms with Gasteiger partial charge in [-0.05, 0) is 32.3 Å². The Balaban J connectivity index is 2.57. The molecule has 2 unspecified atom stereocenters. The van der Waals surface area contributed by atoms with Gasteiger partial charge in [-0.3, -0.25) is 4.68 Å². The summed E-state index contributed by atoms with van der Waals surface area (Å²) in [6.45, 7) is 11.6. The third-order valence-electron chi connectivity index (χ3n) is 3.59. The molecule has 84 valence electrons. The van der Waals surface area contributed by atoms with Crippen LogP contribution in [0.25, 0.3) is 0 Å². The van der Waals surface area contributed by atoms with Crippen molar-refractivity contribution in [1.29, 1.82) is 0 Å². The zero-order valence-corrected chi connectivity index (χ0v) is 10.2. The Labute approximate surface area is 91.4 Å². The number of rotatable bonds is 1. The van der Waals surface area contributed by atoms with Crippen LogP contribution in [0.4, 0.5) is 0 Å². The molecule has 2 rings (SSSR count). The van der Waals surface area contributed by atoms with Gasteiger partial charge in [0.05, 0.1) is 24.5 Å². The van der Waals surface area contributed by atoms with Crippen LogP contribution in [-0.4, -0.2) is 16.4 Å². The van der Waals surface area contributed by atoms with E-state index in [1.165, 1.54) is 11.3 Å². The molecule has 0 fully saturated rings. The van der Waals surface area contributed by atoms with Crippen molar-refractivity contribution in [3.63, 3.8) is 0 Å². The van der Waals surface area contributed by atoms with E-state index in [4.69, 9.17) is 4.74 Å². The number of fused-ring (bicyclic) bond motifs is 1. The molecule has 1 aromatic heterocycles. The van der Waals surface area contributed by atoms with Gasteiger partial charge in [0.1, 0.15) is 5.60 Å². The molecule has 0 aromatic carbocycles. The van der Waals surface area contributed by atoms with E-state index in [2.05, 4.69) is 44.4 Å². The molecule has 2 atom stereocenters. The minimum Gasteiger partial charge on any atom is -0.367 e. The van der Waals surface area contributed by atoms with E-state index in [1.54, 1.807) is 0 Å². The standard InChI is InChI=1S/C12H20N2O/c1-8(2)12(5)11-9(3)6-13-14(11)10(4)7-15-12/h6,8,10H,7H2,1-5H3. The van der Waals surface area contributed by atoms with E-state index in [0.717, 1.165) is 6.61 Å². The van der Waals surface area contributed by atoms with Gasteiger partial charge in [0.15, 0.2) is 0 Å². The number of nitrogens with zero attached hydrogens (tertiary/aromatic N) is 2. The first kappa shape index (κ1) is 10.7. The molecule has 0 amide bonds. The maximum atomic E-state index is 6.04. The van der Waals surface area contributed by atoms with Crippen molar-refractivity contribution >= 4 is 0 Å². The average Bonchev–Trinajstić information content (AvgIpc) is 2.56. The second-order valence-electron chi connectivity index (χ2n) is 5.04. The Hall–Kier alpha value is -0.830. The summed E-state index contributed by atoms with van der Waals surface area (Å²) < 4.78 is 8.17. The zero-order valence-electron chi connectivity index (χ0n) is 10.2. The number of aromatic nitrogens is 2. The lowest BCUT2D eigenvalue weighted by Gasteiger charge is -2.40. The third kappa shape index (κ3) is 1.41. The SMILES string of the molecule is Cc1cnn2c1C(C)(C(C)C)OCC2C. The monoisotopic (exact) mass is 208 g/mol. The fourth-order valence-corrected chi connectivity index (χ4v) is 2.27. The summed E-state index contributed by atoms with van der Waals surface area (Å²) in [5, 5.41) is 4.45. The maximum absolute atomic E-state index is 6.04. The number of hydrogen-bond acceptors (Lipinski definition) is 2. The predicted octanol–water partition coefficient (Wildman–Crippen LogP) is 2.65. The molecule has 0 saturated heterocycles. The van der Waals surface area contributed by atoms with Gasteiger partial charge >= 0.3 is 0 Å². The number of hydrogen-bond donors (Lipinski definition) is 0. The highest BCUT2D eigenvalue weighted by Crippen LogP contribution is 2.40. The summed E-state index contributed by atoms with van der Waals surface area (Å²) in [4.78, 5) is 0. The minimum absolute atomic E-state index is 0.187. The highest BCUT2D eigenvalue weighted by molar-refractivity contribution is 5.25. The summed E-state index contributed by atoms with van der Waals surface area (Å²) in [6, 6.07) is 0.348. The van der Waals surface area contributed by atoms with Crippen LogP contribution in [0.2, 0.25) is 0 Å². The average molecular weight is 208 g/mol. The molecule has 0 spiro atoms. The molecule has 3 nitrogen and oxygen atoms in total. The smallest absolute Gasteiger partial charge is 0.109 e. The van der Waals surface area contributed by atoms with Gasteiger partial charge in [-0.15, -0.1) is 0 Å². The first-order valence-corrected chi connectivity index (χ1v) is 5.65. The van der Waals surface area contributed by atoms with Crippen LogP contribution in [0.1, 0.15) is 45.0 Å². The lowest BCUT2D eigenvalue weighted by molar-refractivity contribution is -0.109. The van der Waals surface area contributed by atoms with E-state index in [1.807, 2.05) is 6.20 Å². The van der Waals surface area contributed by atoms with Crippen molar-refractivity contribution in [2.24, 2.45) is 5.92 Å². The second kappa shape index (κ2) is 3.34. The summed E-state index contributed by atoms with van der Waals surface area (Å²) in [5.74, 6) is 0.458. The molecular formula is C12H20N2O. The van der Waals surface area contributed by atoms with Crippen molar-refractivity contribution in [3.8, 4) is 0 Å². The Kier molecular flexibility index (Phi) is 2.38. The molecule has 0 bridgehead atoms. The highest BCUT2D eigenvalue weighted by atomic mass is 16.5. The third-order valence-corrected chi connectivity index (χ3v) is 3.59. The van der Waals surface area contributed by atoms with Gasteiger partial charge in [0.25, 0.3) is 0 Å². The van der Waals surface area contributed by atoms with Gasteiger partial charge in [-0.1, -0.05) is 13.8 Å². The van der Waals surface area contributed by atoms with Crippen LogP contribution in [0.15, 0.2) is 6.20 Å². The Morgan fingerprint density at radius 1 is 1.60 bits per heavy atom. The molecule has 0 aliphatic carbocycles. The van der Waals surface area contributed by atoms with E-state index < -0.39 is 0 Å². The molecule has 2 heterocycles. The number of aryl methyl sites for hydroxylation is 1. The van der Waals surface area contributed by atoms with Crippen LogP contribution in [0.5, 0.6) is 0 Å². The molecule has 3 heteroatoms.